The predicted molar refractivity (Wildman–Crippen MR) is 57.1 cm³/mol. The summed E-state index contributed by atoms with van der Waals surface area (Å²) in [6.07, 6.45) is 3.06. The van der Waals surface area contributed by atoms with Crippen molar-refractivity contribution < 1.29 is 14.4 Å². The first-order valence-corrected chi connectivity index (χ1v) is 5.27. The number of rotatable bonds is 4. The second kappa shape index (κ2) is 5.60. The van der Waals surface area contributed by atoms with Crippen LogP contribution in [0.2, 0.25) is 0 Å². The summed E-state index contributed by atoms with van der Waals surface area (Å²) in [6.45, 7) is 1.99. The van der Waals surface area contributed by atoms with Crippen LogP contribution in [0.3, 0.4) is 0 Å². The SMILES string of the molecule is C[C@@H]([C]=O)NC(=O)[C@@H]1CCCN1C(=O)CN. The Labute approximate surface area is 94.2 Å². The number of hydrogen-bond donors (Lipinski definition) is 2. The Morgan fingerprint density at radius 3 is 2.88 bits per heavy atom. The molecule has 2 atom stereocenters. The van der Waals surface area contributed by atoms with Crippen LogP contribution >= 0.6 is 0 Å². The van der Waals surface area contributed by atoms with Crippen LogP contribution in [0, 0.1) is 0 Å². The Balaban J connectivity index is 2.60. The molecule has 1 rings (SSSR count). The zero-order chi connectivity index (χ0) is 12.1. The first-order chi connectivity index (χ1) is 7.60. The highest BCUT2D eigenvalue weighted by Crippen LogP contribution is 2.17. The zero-order valence-electron chi connectivity index (χ0n) is 9.23. The van der Waals surface area contributed by atoms with Crippen LogP contribution in [0.25, 0.3) is 0 Å². The number of hydrogen-bond acceptors (Lipinski definition) is 4. The van der Waals surface area contributed by atoms with E-state index in [2.05, 4.69) is 5.32 Å². The summed E-state index contributed by atoms with van der Waals surface area (Å²) in [5.74, 6) is -0.546. The molecule has 1 heterocycles. The van der Waals surface area contributed by atoms with E-state index in [-0.39, 0.29) is 18.4 Å². The van der Waals surface area contributed by atoms with E-state index in [1.165, 1.54) is 11.8 Å². The van der Waals surface area contributed by atoms with Crippen LogP contribution in [-0.2, 0) is 14.4 Å². The lowest BCUT2D eigenvalue weighted by Gasteiger charge is -2.23. The van der Waals surface area contributed by atoms with Crippen LogP contribution in [-0.4, -0.2) is 48.2 Å². The largest absolute Gasteiger partial charge is 0.344 e. The van der Waals surface area contributed by atoms with Crippen molar-refractivity contribution in [3.63, 3.8) is 0 Å². The molecule has 0 aromatic carbocycles. The van der Waals surface area contributed by atoms with Crippen molar-refractivity contribution >= 4 is 18.1 Å². The van der Waals surface area contributed by atoms with Gasteiger partial charge in [0.25, 0.3) is 0 Å². The molecular formula is C10H16N3O3. The summed E-state index contributed by atoms with van der Waals surface area (Å²) in [5.41, 5.74) is 5.26. The molecule has 0 saturated carbocycles. The minimum absolute atomic E-state index is 0.0981. The lowest BCUT2D eigenvalue weighted by atomic mass is 10.2. The highest BCUT2D eigenvalue weighted by atomic mass is 16.2. The molecule has 6 heteroatoms. The standard InChI is InChI=1S/C10H16N3O3/c1-7(6-14)12-10(16)8-3-2-4-13(8)9(15)5-11/h7-8H,2-5,11H2,1H3,(H,12,16)/t7-,8-/m0/s1. The van der Waals surface area contributed by atoms with E-state index in [1.54, 1.807) is 6.29 Å². The number of carbonyl (C=O) groups is 2. The molecule has 1 saturated heterocycles. The van der Waals surface area contributed by atoms with Crippen LogP contribution in [0.1, 0.15) is 19.8 Å². The number of carbonyl (C=O) groups excluding carboxylic acids is 3. The lowest BCUT2D eigenvalue weighted by molar-refractivity contribution is -0.137. The van der Waals surface area contributed by atoms with Gasteiger partial charge < -0.3 is 16.0 Å². The summed E-state index contributed by atoms with van der Waals surface area (Å²) in [7, 11) is 0. The minimum atomic E-state index is -0.650. The van der Waals surface area contributed by atoms with Gasteiger partial charge in [0.1, 0.15) is 6.04 Å². The van der Waals surface area contributed by atoms with Crippen molar-refractivity contribution in [3.8, 4) is 0 Å². The summed E-state index contributed by atoms with van der Waals surface area (Å²) >= 11 is 0. The highest BCUT2D eigenvalue weighted by molar-refractivity contribution is 5.90. The van der Waals surface area contributed by atoms with Gasteiger partial charge in [0.05, 0.1) is 12.6 Å². The van der Waals surface area contributed by atoms with Gasteiger partial charge in [-0.15, -0.1) is 0 Å². The Morgan fingerprint density at radius 2 is 2.31 bits per heavy atom. The maximum absolute atomic E-state index is 11.7. The van der Waals surface area contributed by atoms with Crippen LogP contribution in [0.15, 0.2) is 0 Å². The van der Waals surface area contributed by atoms with Gasteiger partial charge in [-0.25, -0.2) is 0 Å². The Bertz CT molecular complexity index is 293. The van der Waals surface area contributed by atoms with Gasteiger partial charge in [0.2, 0.25) is 18.1 Å². The topological polar surface area (TPSA) is 92.5 Å². The fraction of sp³-hybridized carbons (Fsp3) is 0.700. The highest BCUT2D eigenvalue weighted by Gasteiger charge is 2.33. The monoisotopic (exact) mass is 226 g/mol. The van der Waals surface area contributed by atoms with E-state index in [9.17, 15) is 14.4 Å². The van der Waals surface area contributed by atoms with Crippen molar-refractivity contribution in [1.29, 1.82) is 0 Å². The van der Waals surface area contributed by atoms with Gasteiger partial charge in [0.15, 0.2) is 0 Å². The molecule has 89 valence electrons. The molecule has 0 spiro atoms. The van der Waals surface area contributed by atoms with Crippen LogP contribution < -0.4 is 11.1 Å². The van der Waals surface area contributed by atoms with Crippen LogP contribution in [0.4, 0.5) is 0 Å². The third-order valence-corrected chi connectivity index (χ3v) is 2.59. The van der Waals surface area contributed by atoms with Crippen molar-refractivity contribution in [2.75, 3.05) is 13.1 Å². The summed E-state index contributed by atoms with van der Waals surface area (Å²) < 4.78 is 0. The van der Waals surface area contributed by atoms with E-state index >= 15 is 0 Å². The van der Waals surface area contributed by atoms with E-state index < -0.39 is 12.1 Å². The average Bonchev–Trinajstić information content (AvgIpc) is 2.76. The fourth-order valence-corrected chi connectivity index (χ4v) is 1.79. The second-order valence-corrected chi connectivity index (χ2v) is 3.80. The normalized spacial score (nSPS) is 21.6. The van der Waals surface area contributed by atoms with Gasteiger partial charge in [-0.3, -0.25) is 14.4 Å². The predicted octanol–water partition coefficient (Wildman–Crippen LogP) is -1.45. The summed E-state index contributed by atoms with van der Waals surface area (Å²) in [5, 5.41) is 2.48. The molecule has 0 aromatic rings. The molecule has 1 fully saturated rings. The van der Waals surface area contributed by atoms with Gasteiger partial charge in [-0.1, -0.05) is 0 Å². The molecular weight excluding hydrogens is 210 g/mol. The Hall–Kier alpha value is -1.43. The molecule has 3 N–H and O–H groups in total. The molecule has 0 aromatic heterocycles. The van der Waals surface area contributed by atoms with Crippen molar-refractivity contribution in [3.05, 3.63) is 0 Å². The van der Waals surface area contributed by atoms with E-state index in [0.29, 0.717) is 13.0 Å². The van der Waals surface area contributed by atoms with Gasteiger partial charge in [0, 0.05) is 6.54 Å². The third kappa shape index (κ3) is 2.79. The van der Waals surface area contributed by atoms with Crippen molar-refractivity contribution in [2.45, 2.75) is 31.8 Å². The molecule has 1 aliphatic rings. The molecule has 6 nitrogen and oxygen atoms in total. The number of amides is 2. The maximum Gasteiger partial charge on any atom is 0.243 e. The smallest absolute Gasteiger partial charge is 0.243 e. The molecule has 1 radical (unpaired) electrons. The lowest BCUT2D eigenvalue weighted by Crippen LogP contribution is -2.49. The Kier molecular flexibility index (Phi) is 4.42. The minimum Gasteiger partial charge on any atom is -0.344 e. The first-order valence-electron chi connectivity index (χ1n) is 5.27. The van der Waals surface area contributed by atoms with Gasteiger partial charge >= 0.3 is 0 Å². The summed E-state index contributed by atoms with van der Waals surface area (Å²) in [4.78, 5) is 34.9. The quantitative estimate of drug-likeness (QED) is 0.613. The first kappa shape index (κ1) is 12.6. The van der Waals surface area contributed by atoms with Crippen molar-refractivity contribution in [1.82, 2.24) is 10.2 Å². The second-order valence-electron chi connectivity index (χ2n) is 3.80. The number of likely N-dealkylation sites (tertiary alicyclic amines) is 1. The Morgan fingerprint density at radius 1 is 1.62 bits per heavy atom. The maximum atomic E-state index is 11.7. The third-order valence-electron chi connectivity index (χ3n) is 2.59. The van der Waals surface area contributed by atoms with Crippen molar-refractivity contribution in [2.24, 2.45) is 5.73 Å². The molecule has 2 amide bonds. The van der Waals surface area contributed by atoms with E-state index in [1.807, 2.05) is 0 Å². The molecule has 0 unspecified atom stereocenters. The average molecular weight is 226 g/mol. The van der Waals surface area contributed by atoms with E-state index in [4.69, 9.17) is 5.73 Å². The number of nitrogens with zero attached hydrogens (tertiary/aromatic N) is 1. The fourth-order valence-electron chi connectivity index (χ4n) is 1.79. The number of nitrogens with one attached hydrogen (secondary N) is 1. The van der Waals surface area contributed by atoms with Gasteiger partial charge in [-0.2, -0.15) is 0 Å². The molecule has 16 heavy (non-hydrogen) atoms. The molecule has 0 aliphatic carbocycles. The number of nitrogens with two attached hydrogens (primary N) is 1. The molecule has 1 aliphatic heterocycles. The van der Waals surface area contributed by atoms with E-state index in [0.717, 1.165) is 6.42 Å². The summed E-state index contributed by atoms with van der Waals surface area (Å²) in [6, 6.07) is -1.14. The zero-order valence-corrected chi connectivity index (χ0v) is 9.23. The van der Waals surface area contributed by atoms with Gasteiger partial charge in [-0.05, 0) is 19.8 Å². The molecule has 0 bridgehead atoms. The van der Waals surface area contributed by atoms with Crippen LogP contribution in [0.5, 0.6) is 0 Å².